The van der Waals surface area contributed by atoms with Crippen LogP contribution in [0.3, 0.4) is 0 Å². The van der Waals surface area contributed by atoms with Crippen LogP contribution in [-0.4, -0.2) is 0 Å². The fourth-order valence-corrected chi connectivity index (χ4v) is 15.5. The first kappa shape index (κ1) is 58.8. The molecule has 0 fully saturated rings. The molecule has 0 radical (unpaired) electrons. The molecule has 0 amide bonds. The number of allylic oxidation sites excluding steroid dienone is 8. The lowest BCUT2D eigenvalue weighted by Crippen LogP contribution is -2.29. The van der Waals surface area contributed by atoms with E-state index in [9.17, 15) is 0 Å². The minimum absolute atomic E-state index is 0.142. The second kappa shape index (κ2) is 25.7. The van der Waals surface area contributed by atoms with Crippen LogP contribution in [0, 0.1) is 0 Å². The molecule has 0 bridgehead atoms. The molecule has 3 aliphatic carbocycles. The molecule has 458 valence electrons. The van der Waals surface area contributed by atoms with Crippen molar-refractivity contribution in [2.75, 3.05) is 0 Å². The fourth-order valence-electron chi connectivity index (χ4n) is 15.5. The van der Waals surface area contributed by atoms with Crippen molar-refractivity contribution in [1.29, 1.82) is 0 Å². The number of rotatable bonds is 14. The smallest absolute Gasteiger partial charge is 0.0714 e. The molecular weight excluding hydrogens is 1170 g/mol. The maximum absolute atomic E-state index is 2.60. The lowest BCUT2D eigenvalue weighted by Gasteiger charge is -2.36. The number of fused-ring (bicyclic) bond motifs is 3. The van der Waals surface area contributed by atoms with Gasteiger partial charge in [-0.05, 0) is 272 Å². The van der Waals surface area contributed by atoms with E-state index >= 15 is 0 Å². The summed E-state index contributed by atoms with van der Waals surface area (Å²) in [5, 5.41) is 0. The van der Waals surface area contributed by atoms with Crippen LogP contribution in [0.4, 0.5) is 0 Å². The summed E-state index contributed by atoms with van der Waals surface area (Å²) in [5.41, 5.74) is 34.1. The van der Waals surface area contributed by atoms with Crippen LogP contribution in [0.5, 0.6) is 0 Å². The Morgan fingerprint density at radius 1 is 0.258 bits per heavy atom. The highest BCUT2D eigenvalue weighted by Gasteiger charge is 2.47. The van der Waals surface area contributed by atoms with E-state index in [4.69, 9.17) is 0 Å². The topological polar surface area (TPSA) is 0 Å². The van der Waals surface area contributed by atoms with Crippen molar-refractivity contribution < 1.29 is 0 Å². The predicted octanol–water partition coefficient (Wildman–Crippen LogP) is 25.8. The molecule has 0 heteroatoms. The molecule has 3 aliphatic rings. The second-order valence-electron chi connectivity index (χ2n) is 26.2. The van der Waals surface area contributed by atoms with Crippen LogP contribution in [-0.2, 0) is 5.41 Å². The molecule has 0 aliphatic heterocycles. The first-order valence-electron chi connectivity index (χ1n) is 34.2. The molecular formula is C97H70. The summed E-state index contributed by atoms with van der Waals surface area (Å²) in [6, 6.07) is 132. The van der Waals surface area contributed by atoms with Gasteiger partial charge >= 0.3 is 0 Å². The molecule has 0 spiro atoms. The lowest BCUT2D eigenvalue weighted by molar-refractivity contribution is 0.768. The highest BCUT2D eigenvalue weighted by Crippen LogP contribution is 2.58. The Labute approximate surface area is 570 Å². The number of hydrogen-bond donors (Lipinski definition) is 0. The van der Waals surface area contributed by atoms with Gasteiger partial charge in [0.1, 0.15) is 0 Å². The molecule has 0 nitrogen and oxygen atoms in total. The second-order valence-corrected chi connectivity index (χ2v) is 26.2. The minimum atomic E-state index is -0.857. The van der Waals surface area contributed by atoms with Gasteiger partial charge < -0.3 is 0 Å². The average Bonchev–Trinajstić information content (AvgIpc) is 1.52. The van der Waals surface area contributed by atoms with Gasteiger partial charge in [0.05, 0.1) is 5.41 Å². The fraction of sp³-hybridized carbons (Fsp3) is 0.0515. The number of hydrogen-bond acceptors (Lipinski definition) is 0. The van der Waals surface area contributed by atoms with Gasteiger partial charge in [0.15, 0.2) is 0 Å². The largest absolute Gasteiger partial charge is 0.0842 e. The van der Waals surface area contributed by atoms with E-state index in [1.807, 2.05) is 0 Å². The Morgan fingerprint density at radius 2 is 0.557 bits per heavy atom. The summed E-state index contributed by atoms with van der Waals surface area (Å²) in [6.45, 7) is 0. The van der Waals surface area contributed by atoms with E-state index in [1.54, 1.807) is 0 Å². The van der Waals surface area contributed by atoms with Gasteiger partial charge in [0.2, 0.25) is 0 Å². The van der Waals surface area contributed by atoms with E-state index in [-0.39, 0.29) is 5.92 Å². The van der Waals surface area contributed by atoms with Gasteiger partial charge in [-0.3, -0.25) is 0 Å². The molecule has 14 aromatic carbocycles. The lowest BCUT2D eigenvalue weighted by atomic mass is 9.65. The van der Waals surface area contributed by atoms with Crippen molar-refractivity contribution in [2.45, 2.75) is 30.6 Å². The van der Waals surface area contributed by atoms with Crippen molar-refractivity contribution in [2.24, 2.45) is 0 Å². The quantitative estimate of drug-likeness (QED) is 0.102. The van der Waals surface area contributed by atoms with Crippen molar-refractivity contribution in [3.05, 3.63) is 427 Å². The van der Waals surface area contributed by atoms with Crippen LogP contribution in [0.15, 0.2) is 382 Å². The first-order chi connectivity index (χ1) is 48.0. The zero-order chi connectivity index (χ0) is 64.5. The standard InChI is InChI=1S/C97H70/c1-9-29-67(30-10-1)75-49-76(68-31-11-2-12-32-68)54-83(53-75)87-61-88(84-55-77(69-33-13-3-14-34-69)50-78(56-84)70-35-15-4-16-36-70)64-91(63-87)97(95-47-27-25-45-93(95)94-46-26-28-48-96(94)97)92-65-89(85-57-79(71-37-17-5-18-38-71)51-80(58-85)72-39-19-6-20-40-72)62-90(66-92)86-59-81(73-41-21-7-22-42-73)52-82(60-86)74-43-23-8-24-44-74/h1-23,25-43,45-57,59-66,80H,24,44,58H2. The highest BCUT2D eigenvalue weighted by atomic mass is 14.5. The van der Waals surface area contributed by atoms with Gasteiger partial charge in [-0.25, -0.2) is 0 Å². The summed E-state index contributed by atoms with van der Waals surface area (Å²) in [4.78, 5) is 0. The van der Waals surface area contributed by atoms with Gasteiger partial charge in [0.25, 0.3) is 0 Å². The van der Waals surface area contributed by atoms with E-state index < -0.39 is 5.41 Å². The SMILES string of the molecule is C1=CCCC(c2cc(-c3ccccc3)cc(-c3cc(C4=CC(c5ccccc5)=CC(c5ccccc5)C4)cc(C4(c5cc(-c6cc(-c7ccccc7)cc(-c7ccccc7)c6)cc(-c6cc(-c7ccccc7)cc(-c7ccccc7)c6)c5)c5ccccc5-c5ccccc54)c3)c2)=C1. The molecule has 14 aromatic rings. The maximum atomic E-state index is 2.60. The zero-order valence-corrected chi connectivity index (χ0v) is 54.1. The summed E-state index contributed by atoms with van der Waals surface area (Å²) < 4.78 is 0. The van der Waals surface area contributed by atoms with E-state index in [0.29, 0.717) is 0 Å². The molecule has 97 heavy (non-hydrogen) atoms. The summed E-state index contributed by atoms with van der Waals surface area (Å²) in [6.07, 6.45) is 14.7. The van der Waals surface area contributed by atoms with E-state index in [0.717, 1.165) is 41.5 Å². The van der Waals surface area contributed by atoms with Crippen LogP contribution in [0.2, 0.25) is 0 Å². The van der Waals surface area contributed by atoms with E-state index in [1.165, 1.54) is 139 Å². The third-order valence-electron chi connectivity index (χ3n) is 20.3. The number of benzene rings is 14. The Kier molecular flexibility index (Phi) is 15.6. The molecule has 1 unspecified atom stereocenters. The minimum Gasteiger partial charge on any atom is -0.0842 e. The van der Waals surface area contributed by atoms with Crippen molar-refractivity contribution in [1.82, 2.24) is 0 Å². The summed E-state index contributed by atoms with van der Waals surface area (Å²) >= 11 is 0. The molecule has 0 N–H and O–H groups in total. The van der Waals surface area contributed by atoms with Crippen LogP contribution in [0.1, 0.15) is 69.7 Å². The predicted molar refractivity (Wildman–Crippen MR) is 410 cm³/mol. The first-order valence-corrected chi connectivity index (χ1v) is 34.2. The monoisotopic (exact) mass is 1230 g/mol. The highest BCUT2D eigenvalue weighted by molar-refractivity contribution is 5.94. The maximum Gasteiger partial charge on any atom is 0.0714 e. The molecule has 0 saturated heterocycles. The Bertz CT molecular complexity index is 5060. The van der Waals surface area contributed by atoms with Gasteiger partial charge in [-0.15, -0.1) is 0 Å². The summed E-state index contributed by atoms with van der Waals surface area (Å²) in [5.74, 6) is 0.142. The van der Waals surface area contributed by atoms with Gasteiger partial charge in [-0.1, -0.05) is 291 Å². The molecule has 0 saturated carbocycles. The van der Waals surface area contributed by atoms with Crippen molar-refractivity contribution in [3.63, 3.8) is 0 Å². The van der Waals surface area contributed by atoms with E-state index in [2.05, 4.69) is 382 Å². The summed E-state index contributed by atoms with van der Waals surface area (Å²) in [7, 11) is 0. The van der Waals surface area contributed by atoms with Crippen LogP contribution >= 0.6 is 0 Å². The van der Waals surface area contributed by atoms with Crippen LogP contribution < -0.4 is 0 Å². The Hall–Kier alpha value is -12.0. The third-order valence-corrected chi connectivity index (χ3v) is 20.3. The van der Waals surface area contributed by atoms with Gasteiger partial charge in [0, 0.05) is 5.92 Å². The van der Waals surface area contributed by atoms with Gasteiger partial charge in [-0.2, -0.15) is 0 Å². The molecule has 0 aromatic heterocycles. The third kappa shape index (κ3) is 11.5. The Balaban J connectivity index is 0.994. The van der Waals surface area contributed by atoms with Crippen molar-refractivity contribution >= 4 is 16.7 Å². The normalized spacial score (nSPS) is 14.4. The molecule has 0 heterocycles. The van der Waals surface area contributed by atoms with Crippen molar-refractivity contribution in [3.8, 4) is 100 Å². The molecule has 1 atom stereocenters. The van der Waals surface area contributed by atoms with Crippen LogP contribution in [0.25, 0.3) is 117 Å². The zero-order valence-electron chi connectivity index (χ0n) is 54.1. The Morgan fingerprint density at radius 3 is 0.928 bits per heavy atom. The average molecular weight is 1240 g/mol. The molecule has 17 rings (SSSR count).